The number of likely N-dealkylation sites (tertiary alicyclic amines) is 1. The maximum Gasteiger partial charge on any atom is 0.251 e. The highest BCUT2D eigenvalue weighted by molar-refractivity contribution is 5.94. The summed E-state index contributed by atoms with van der Waals surface area (Å²) in [5, 5.41) is 11.2. The topological polar surface area (TPSA) is 71.3 Å². The van der Waals surface area contributed by atoms with Crippen LogP contribution in [-0.2, 0) is 0 Å². The Bertz CT molecular complexity index is 916. The minimum atomic E-state index is -0.0503. The molecular formula is C23H26N4O2. The van der Waals surface area contributed by atoms with E-state index in [1.54, 1.807) is 12.1 Å². The molecule has 3 aromatic rings. The van der Waals surface area contributed by atoms with E-state index in [0.717, 1.165) is 24.1 Å². The van der Waals surface area contributed by atoms with Crippen LogP contribution in [0, 0.1) is 0 Å². The van der Waals surface area contributed by atoms with Crippen molar-refractivity contribution in [2.24, 2.45) is 0 Å². The number of hydrogen-bond donors (Lipinski definition) is 1. The van der Waals surface area contributed by atoms with E-state index in [1.165, 1.54) is 32.4 Å². The molecule has 2 aromatic carbocycles. The van der Waals surface area contributed by atoms with Crippen LogP contribution < -0.4 is 5.32 Å². The van der Waals surface area contributed by atoms with Crippen molar-refractivity contribution >= 4 is 5.91 Å². The van der Waals surface area contributed by atoms with Gasteiger partial charge in [0.1, 0.15) is 0 Å². The lowest BCUT2D eigenvalue weighted by Gasteiger charge is -2.26. The molecule has 6 nitrogen and oxygen atoms in total. The number of nitrogens with one attached hydrogen (secondary N) is 1. The molecule has 0 bridgehead atoms. The standard InChI is InChI=1S/C23H26N4O2/c28-21(24-14-7-17-27-15-5-2-6-16-27)18-10-12-20(13-11-18)23-26-25-22(29-23)19-8-3-1-4-9-19/h1,3-4,8-13H,2,5-7,14-17H2,(H,24,28). The van der Waals surface area contributed by atoms with Gasteiger partial charge < -0.3 is 14.6 Å². The second-order valence-electron chi connectivity index (χ2n) is 7.37. The van der Waals surface area contributed by atoms with Crippen molar-refractivity contribution in [2.75, 3.05) is 26.2 Å². The normalized spacial score (nSPS) is 14.6. The van der Waals surface area contributed by atoms with Crippen LogP contribution in [0.4, 0.5) is 0 Å². The van der Waals surface area contributed by atoms with Crippen LogP contribution in [0.3, 0.4) is 0 Å². The Balaban J connectivity index is 1.29. The lowest BCUT2D eigenvalue weighted by molar-refractivity contribution is 0.0951. The van der Waals surface area contributed by atoms with Gasteiger partial charge in [0, 0.05) is 23.2 Å². The van der Waals surface area contributed by atoms with Gasteiger partial charge in [0.05, 0.1) is 0 Å². The van der Waals surface area contributed by atoms with Gasteiger partial charge in [-0.2, -0.15) is 0 Å². The van der Waals surface area contributed by atoms with Gasteiger partial charge in [0.2, 0.25) is 11.8 Å². The van der Waals surface area contributed by atoms with E-state index in [-0.39, 0.29) is 5.91 Å². The van der Waals surface area contributed by atoms with Crippen LogP contribution in [0.1, 0.15) is 36.0 Å². The lowest BCUT2D eigenvalue weighted by Crippen LogP contribution is -2.33. The molecule has 0 unspecified atom stereocenters. The number of hydrogen-bond acceptors (Lipinski definition) is 5. The quantitative estimate of drug-likeness (QED) is 0.617. The van der Waals surface area contributed by atoms with Gasteiger partial charge in [0.25, 0.3) is 5.91 Å². The lowest BCUT2D eigenvalue weighted by atomic mass is 10.1. The van der Waals surface area contributed by atoms with Crippen LogP contribution >= 0.6 is 0 Å². The van der Waals surface area contributed by atoms with E-state index in [9.17, 15) is 4.79 Å². The average Bonchev–Trinajstić information content (AvgIpc) is 3.28. The molecule has 0 radical (unpaired) electrons. The van der Waals surface area contributed by atoms with Gasteiger partial charge in [-0.05, 0) is 75.3 Å². The first-order valence-corrected chi connectivity index (χ1v) is 10.3. The van der Waals surface area contributed by atoms with Gasteiger partial charge in [0.15, 0.2) is 0 Å². The maximum absolute atomic E-state index is 12.4. The average molecular weight is 390 g/mol. The molecule has 1 aromatic heterocycles. The van der Waals surface area contributed by atoms with Crippen molar-refractivity contribution in [2.45, 2.75) is 25.7 Å². The molecular weight excluding hydrogens is 364 g/mol. The number of nitrogens with zero attached hydrogens (tertiary/aromatic N) is 3. The largest absolute Gasteiger partial charge is 0.416 e. The summed E-state index contributed by atoms with van der Waals surface area (Å²) in [5.41, 5.74) is 2.31. The number of carbonyl (C=O) groups excluding carboxylic acids is 1. The number of rotatable bonds is 7. The van der Waals surface area contributed by atoms with E-state index < -0.39 is 0 Å². The highest BCUT2D eigenvalue weighted by atomic mass is 16.4. The molecule has 1 aliphatic heterocycles. The second-order valence-corrected chi connectivity index (χ2v) is 7.37. The predicted octanol–water partition coefficient (Wildman–Crippen LogP) is 4.01. The van der Waals surface area contributed by atoms with Crippen LogP contribution in [0.5, 0.6) is 0 Å². The zero-order valence-corrected chi connectivity index (χ0v) is 16.5. The monoisotopic (exact) mass is 390 g/mol. The zero-order chi connectivity index (χ0) is 19.9. The summed E-state index contributed by atoms with van der Waals surface area (Å²) < 4.78 is 5.77. The molecule has 1 aliphatic rings. The van der Waals surface area contributed by atoms with Crippen LogP contribution in [-0.4, -0.2) is 47.2 Å². The minimum absolute atomic E-state index is 0.0503. The van der Waals surface area contributed by atoms with E-state index in [4.69, 9.17) is 4.42 Å². The molecule has 1 fully saturated rings. The van der Waals surface area contributed by atoms with E-state index in [2.05, 4.69) is 20.4 Å². The number of amides is 1. The first-order valence-electron chi connectivity index (χ1n) is 10.3. The fourth-order valence-corrected chi connectivity index (χ4v) is 3.59. The highest BCUT2D eigenvalue weighted by Crippen LogP contribution is 2.23. The summed E-state index contributed by atoms with van der Waals surface area (Å²) >= 11 is 0. The van der Waals surface area contributed by atoms with E-state index >= 15 is 0 Å². The van der Waals surface area contributed by atoms with E-state index in [0.29, 0.717) is 23.9 Å². The molecule has 2 heterocycles. The predicted molar refractivity (Wildman–Crippen MR) is 112 cm³/mol. The van der Waals surface area contributed by atoms with Crippen molar-refractivity contribution in [3.63, 3.8) is 0 Å². The van der Waals surface area contributed by atoms with Crippen LogP contribution in [0.25, 0.3) is 22.9 Å². The van der Waals surface area contributed by atoms with Gasteiger partial charge in [-0.15, -0.1) is 10.2 Å². The molecule has 1 N–H and O–H groups in total. The van der Waals surface area contributed by atoms with Crippen LogP contribution in [0.2, 0.25) is 0 Å². The summed E-state index contributed by atoms with van der Waals surface area (Å²) in [4.78, 5) is 14.8. The first-order chi connectivity index (χ1) is 14.3. The minimum Gasteiger partial charge on any atom is -0.416 e. The number of piperidine rings is 1. The number of carbonyl (C=O) groups is 1. The van der Waals surface area contributed by atoms with Crippen LogP contribution in [0.15, 0.2) is 59.0 Å². The van der Waals surface area contributed by atoms with Gasteiger partial charge in [-0.25, -0.2) is 0 Å². The Kier molecular flexibility index (Phi) is 6.32. The van der Waals surface area contributed by atoms with Gasteiger partial charge in [-0.3, -0.25) is 4.79 Å². The summed E-state index contributed by atoms with van der Waals surface area (Å²) in [6, 6.07) is 16.9. The Hall–Kier alpha value is -2.99. The Labute approximate surface area is 170 Å². The molecule has 1 amide bonds. The third-order valence-electron chi connectivity index (χ3n) is 5.23. The summed E-state index contributed by atoms with van der Waals surface area (Å²) in [6.07, 6.45) is 4.92. The van der Waals surface area contributed by atoms with E-state index in [1.807, 2.05) is 42.5 Å². The van der Waals surface area contributed by atoms with Crippen molar-refractivity contribution < 1.29 is 9.21 Å². The summed E-state index contributed by atoms with van der Waals surface area (Å²) in [7, 11) is 0. The highest BCUT2D eigenvalue weighted by Gasteiger charge is 2.12. The molecule has 0 aliphatic carbocycles. The molecule has 0 atom stereocenters. The van der Waals surface area contributed by atoms with Crippen molar-refractivity contribution in [3.05, 3.63) is 60.2 Å². The SMILES string of the molecule is O=C(NCCCN1CCCCC1)c1ccc(-c2nnc(-c3ccccc3)o2)cc1. The molecule has 150 valence electrons. The Morgan fingerprint density at radius 2 is 1.55 bits per heavy atom. The summed E-state index contributed by atoms with van der Waals surface area (Å²) in [6.45, 7) is 4.13. The molecule has 0 spiro atoms. The smallest absolute Gasteiger partial charge is 0.251 e. The fraction of sp³-hybridized carbons (Fsp3) is 0.348. The van der Waals surface area contributed by atoms with Crippen molar-refractivity contribution in [3.8, 4) is 22.9 Å². The molecule has 0 saturated carbocycles. The Morgan fingerprint density at radius 1 is 0.897 bits per heavy atom. The second kappa shape index (κ2) is 9.47. The van der Waals surface area contributed by atoms with Gasteiger partial charge >= 0.3 is 0 Å². The number of aromatic nitrogens is 2. The summed E-state index contributed by atoms with van der Waals surface area (Å²) in [5.74, 6) is 0.874. The molecule has 1 saturated heterocycles. The molecule has 29 heavy (non-hydrogen) atoms. The Morgan fingerprint density at radius 3 is 2.24 bits per heavy atom. The van der Waals surface area contributed by atoms with Gasteiger partial charge in [-0.1, -0.05) is 24.6 Å². The van der Waals surface area contributed by atoms with Crippen molar-refractivity contribution in [1.82, 2.24) is 20.4 Å². The fourth-order valence-electron chi connectivity index (χ4n) is 3.59. The third-order valence-corrected chi connectivity index (χ3v) is 5.23. The van der Waals surface area contributed by atoms with Crippen molar-refractivity contribution in [1.29, 1.82) is 0 Å². The first kappa shape index (κ1) is 19.3. The zero-order valence-electron chi connectivity index (χ0n) is 16.5. The number of benzene rings is 2. The maximum atomic E-state index is 12.4. The molecule has 4 rings (SSSR count). The molecule has 6 heteroatoms. The third kappa shape index (κ3) is 5.09.